The molecule has 24 heavy (non-hydrogen) atoms. The van der Waals surface area contributed by atoms with Gasteiger partial charge < -0.3 is 10.6 Å². The fourth-order valence-electron chi connectivity index (χ4n) is 1.99. The first-order valence-electron chi connectivity index (χ1n) is 7.19. The van der Waals surface area contributed by atoms with Crippen molar-refractivity contribution in [2.24, 2.45) is 0 Å². The fourth-order valence-corrected chi connectivity index (χ4v) is 3.26. The minimum atomic E-state index is -0.362. The van der Waals surface area contributed by atoms with Gasteiger partial charge in [-0.05, 0) is 41.1 Å². The van der Waals surface area contributed by atoms with Crippen molar-refractivity contribution in [3.05, 3.63) is 80.8 Å². The molecule has 0 fully saturated rings. The molecule has 3 aromatic rings. The molecule has 0 saturated heterocycles. The van der Waals surface area contributed by atoms with E-state index in [-0.39, 0.29) is 17.5 Å². The van der Waals surface area contributed by atoms with E-state index in [1.807, 2.05) is 41.1 Å². The molecule has 0 saturated carbocycles. The summed E-state index contributed by atoms with van der Waals surface area (Å²) < 4.78 is 0. The van der Waals surface area contributed by atoms with Crippen molar-refractivity contribution in [1.29, 1.82) is 0 Å². The topological polar surface area (TPSA) is 58.2 Å². The third-order valence-electron chi connectivity index (χ3n) is 3.10. The summed E-state index contributed by atoms with van der Waals surface area (Å²) in [6, 6.07) is 16.4. The van der Waals surface area contributed by atoms with Gasteiger partial charge in [0.2, 0.25) is 0 Å². The summed E-state index contributed by atoms with van der Waals surface area (Å²) in [7, 11) is 0. The second-order valence-electron chi connectivity index (χ2n) is 4.83. The molecule has 2 N–H and O–H groups in total. The number of anilines is 1. The average molecular weight is 354 g/mol. The van der Waals surface area contributed by atoms with Gasteiger partial charge >= 0.3 is 0 Å². The molecule has 2 aromatic heterocycles. The molecule has 6 heteroatoms. The molecular weight excluding hydrogens is 340 g/mol. The van der Waals surface area contributed by atoms with Crippen molar-refractivity contribution >= 4 is 46.3 Å². The summed E-state index contributed by atoms with van der Waals surface area (Å²) in [5.41, 5.74) is 0.879. The summed E-state index contributed by atoms with van der Waals surface area (Å²) in [5, 5.41) is 9.23. The summed E-state index contributed by atoms with van der Waals surface area (Å²) >= 11 is 2.82. The van der Waals surface area contributed by atoms with Crippen LogP contribution in [0.5, 0.6) is 0 Å². The van der Waals surface area contributed by atoms with Crippen LogP contribution in [0.3, 0.4) is 0 Å². The van der Waals surface area contributed by atoms with E-state index in [4.69, 9.17) is 0 Å². The largest absolute Gasteiger partial charge is 0.321 e. The van der Waals surface area contributed by atoms with Crippen molar-refractivity contribution in [1.82, 2.24) is 5.32 Å². The lowest BCUT2D eigenvalue weighted by molar-refractivity contribution is -0.113. The summed E-state index contributed by atoms with van der Waals surface area (Å²) in [6.07, 6.45) is 1.68. The lowest BCUT2D eigenvalue weighted by Crippen LogP contribution is -2.30. The summed E-state index contributed by atoms with van der Waals surface area (Å²) in [5.74, 6) is -0.657. The SMILES string of the molecule is O=C(Nc1ccccc1)C(=Cc1cccs1)NC(=O)c1cccs1. The van der Waals surface area contributed by atoms with Gasteiger partial charge in [-0.1, -0.05) is 30.3 Å². The highest BCUT2D eigenvalue weighted by atomic mass is 32.1. The number of rotatable bonds is 5. The first kappa shape index (κ1) is 16.2. The molecule has 0 aliphatic rings. The van der Waals surface area contributed by atoms with Crippen LogP contribution in [-0.4, -0.2) is 11.8 Å². The molecule has 0 atom stereocenters. The van der Waals surface area contributed by atoms with E-state index in [1.54, 1.807) is 30.3 Å². The number of thiophene rings is 2. The van der Waals surface area contributed by atoms with E-state index in [1.165, 1.54) is 22.7 Å². The Hall–Kier alpha value is -2.70. The van der Waals surface area contributed by atoms with Crippen LogP contribution in [-0.2, 0) is 4.79 Å². The van der Waals surface area contributed by atoms with Crippen LogP contribution in [0, 0.1) is 0 Å². The van der Waals surface area contributed by atoms with Gasteiger partial charge in [-0.15, -0.1) is 22.7 Å². The first-order chi connectivity index (χ1) is 11.7. The number of benzene rings is 1. The maximum atomic E-state index is 12.6. The van der Waals surface area contributed by atoms with Crippen LogP contribution >= 0.6 is 22.7 Å². The number of carbonyl (C=O) groups is 2. The van der Waals surface area contributed by atoms with Crippen molar-refractivity contribution < 1.29 is 9.59 Å². The predicted molar refractivity (Wildman–Crippen MR) is 99.2 cm³/mol. The van der Waals surface area contributed by atoms with E-state index in [0.717, 1.165) is 4.88 Å². The van der Waals surface area contributed by atoms with Gasteiger partial charge in [0.1, 0.15) is 5.70 Å². The molecule has 2 heterocycles. The molecule has 4 nitrogen and oxygen atoms in total. The number of para-hydroxylation sites is 1. The predicted octanol–water partition coefficient (Wildman–Crippen LogP) is 4.22. The zero-order chi connectivity index (χ0) is 16.8. The molecule has 0 spiro atoms. The zero-order valence-corrected chi connectivity index (χ0v) is 14.2. The van der Waals surface area contributed by atoms with Crippen LogP contribution in [0.2, 0.25) is 0 Å². The Morgan fingerprint density at radius 1 is 0.875 bits per heavy atom. The van der Waals surface area contributed by atoms with Gasteiger partial charge in [-0.2, -0.15) is 0 Å². The highest BCUT2D eigenvalue weighted by molar-refractivity contribution is 7.12. The Morgan fingerprint density at radius 2 is 1.62 bits per heavy atom. The normalized spacial score (nSPS) is 11.1. The van der Waals surface area contributed by atoms with Crippen molar-refractivity contribution in [2.75, 3.05) is 5.32 Å². The molecule has 2 amide bonds. The molecule has 0 aliphatic carbocycles. The van der Waals surface area contributed by atoms with Crippen molar-refractivity contribution in [3.63, 3.8) is 0 Å². The third kappa shape index (κ3) is 4.18. The molecule has 0 radical (unpaired) electrons. The standard InChI is InChI=1S/C18H14N2O2S2/c21-17(19-13-6-2-1-3-7-13)15(12-14-8-4-10-23-14)20-18(22)16-9-5-11-24-16/h1-12H,(H,19,21)(H,20,22). The molecule has 120 valence electrons. The van der Waals surface area contributed by atoms with Crippen molar-refractivity contribution in [3.8, 4) is 0 Å². The Balaban J connectivity index is 1.82. The van der Waals surface area contributed by atoms with Gasteiger partial charge in [-0.25, -0.2) is 0 Å². The number of carbonyl (C=O) groups excluding carboxylic acids is 2. The Bertz CT molecular complexity index is 839. The van der Waals surface area contributed by atoms with Gasteiger partial charge in [-0.3, -0.25) is 9.59 Å². The van der Waals surface area contributed by atoms with Gasteiger partial charge in [0, 0.05) is 10.6 Å². The highest BCUT2D eigenvalue weighted by Gasteiger charge is 2.15. The molecule has 3 rings (SSSR count). The fraction of sp³-hybridized carbons (Fsp3) is 0. The zero-order valence-electron chi connectivity index (χ0n) is 12.6. The van der Waals surface area contributed by atoms with E-state index >= 15 is 0 Å². The molecule has 1 aromatic carbocycles. The van der Waals surface area contributed by atoms with Gasteiger partial charge in [0.25, 0.3) is 11.8 Å². The number of hydrogen-bond acceptors (Lipinski definition) is 4. The second kappa shape index (κ2) is 7.72. The minimum absolute atomic E-state index is 0.208. The lowest BCUT2D eigenvalue weighted by atomic mass is 10.2. The van der Waals surface area contributed by atoms with Crippen molar-refractivity contribution in [2.45, 2.75) is 0 Å². The Morgan fingerprint density at radius 3 is 2.29 bits per heavy atom. The number of hydrogen-bond donors (Lipinski definition) is 2. The van der Waals surface area contributed by atoms with Gasteiger partial charge in [0.15, 0.2) is 0 Å². The van der Waals surface area contributed by atoms with Gasteiger partial charge in [0.05, 0.1) is 4.88 Å². The highest BCUT2D eigenvalue weighted by Crippen LogP contribution is 2.15. The summed E-state index contributed by atoms with van der Waals surface area (Å²) in [6.45, 7) is 0. The van der Waals surface area contributed by atoms with E-state index in [2.05, 4.69) is 10.6 Å². The average Bonchev–Trinajstić information content (AvgIpc) is 3.29. The molecule has 0 aliphatic heterocycles. The van der Waals surface area contributed by atoms with E-state index in [0.29, 0.717) is 10.6 Å². The summed E-state index contributed by atoms with van der Waals surface area (Å²) in [4.78, 5) is 26.3. The van der Waals surface area contributed by atoms with Crippen LogP contribution in [0.4, 0.5) is 5.69 Å². The molecule has 0 unspecified atom stereocenters. The second-order valence-corrected chi connectivity index (χ2v) is 6.75. The Kier molecular flexibility index (Phi) is 5.20. The maximum absolute atomic E-state index is 12.6. The molecule has 0 bridgehead atoms. The van der Waals surface area contributed by atoms with Crippen LogP contribution in [0.25, 0.3) is 6.08 Å². The number of nitrogens with one attached hydrogen (secondary N) is 2. The van der Waals surface area contributed by atoms with E-state index in [9.17, 15) is 9.59 Å². The quantitative estimate of drug-likeness (QED) is 0.674. The number of amides is 2. The monoisotopic (exact) mass is 354 g/mol. The first-order valence-corrected chi connectivity index (χ1v) is 8.95. The van der Waals surface area contributed by atoms with Crippen LogP contribution < -0.4 is 10.6 Å². The minimum Gasteiger partial charge on any atom is -0.321 e. The molecular formula is C18H14N2O2S2. The maximum Gasteiger partial charge on any atom is 0.272 e. The lowest BCUT2D eigenvalue weighted by Gasteiger charge is -2.10. The Labute approximate surface area is 147 Å². The smallest absolute Gasteiger partial charge is 0.272 e. The van der Waals surface area contributed by atoms with E-state index < -0.39 is 0 Å². The van der Waals surface area contributed by atoms with Crippen LogP contribution in [0.15, 0.2) is 71.1 Å². The van der Waals surface area contributed by atoms with Crippen LogP contribution in [0.1, 0.15) is 14.5 Å². The third-order valence-corrected chi connectivity index (χ3v) is 4.79.